The lowest BCUT2D eigenvalue weighted by Crippen LogP contribution is -2.26. The fraction of sp³-hybridized carbons (Fsp3) is 0.0149. The van der Waals surface area contributed by atoms with E-state index in [0.29, 0.717) is 0 Å². The first-order valence-electron chi connectivity index (χ1n) is 23.8. The third-order valence-corrected chi connectivity index (χ3v) is 14.7. The Kier molecular flexibility index (Phi) is 8.84. The molecular weight excluding hydrogens is 835 g/mol. The average Bonchev–Trinajstić information content (AvgIpc) is 4.06. The lowest BCUT2D eigenvalue weighted by molar-refractivity contribution is 0.669. The van der Waals surface area contributed by atoms with Crippen molar-refractivity contribution in [2.75, 3.05) is 4.90 Å². The number of furan rings is 1. The van der Waals surface area contributed by atoms with Crippen LogP contribution in [0.4, 0.5) is 17.1 Å². The zero-order chi connectivity index (χ0) is 45.5. The SMILES string of the molecule is c1ccc(-c2cc(-c3ccccc3)cc(-c3ccc(N(c4ccc5c(c4)oc4ccccc45)c4cccc5c4-c4ccccc4C54c5ccccc5-c5ccc(-c6ccccc6)cc54)cc3)c2)cc1. The molecule has 2 aliphatic carbocycles. The molecule has 0 amide bonds. The van der Waals surface area contributed by atoms with Crippen LogP contribution in [0.5, 0.6) is 0 Å². The predicted molar refractivity (Wildman–Crippen MR) is 286 cm³/mol. The van der Waals surface area contributed by atoms with Gasteiger partial charge in [-0.1, -0.05) is 194 Å². The Labute approximate surface area is 401 Å². The van der Waals surface area contributed by atoms with Crippen molar-refractivity contribution in [2.24, 2.45) is 0 Å². The molecule has 14 rings (SSSR count). The van der Waals surface area contributed by atoms with Gasteiger partial charge in [0.2, 0.25) is 0 Å². The predicted octanol–water partition coefficient (Wildman–Crippen LogP) is 18.1. The summed E-state index contributed by atoms with van der Waals surface area (Å²) in [6.07, 6.45) is 0. The monoisotopic (exact) mass is 877 g/mol. The first kappa shape index (κ1) is 39.2. The van der Waals surface area contributed by atoms with Crippen LogP contribution in [-0.2, 0) is 5.41 Å². The van der Waals surface area contributed by atoms with Gasteiger partial charge in [0.25, 0.3) is 0 Å². The zero-order valence-electron chi connectivity index (χ0n) is 37.7. The molecule has 0 fully saturated rings. The van der Waals surface area contributed by atoms with Crippen LogP contribution in [-0.4, -0.2) is 0 Å². The molecule has 0 saturated heterocycles. The van der Waals surface area contributed by atoms with Gasteiger partial charge in [-0.3, -0.25) is 0 Å². The number of hydrogen-bond acceptors (Lipinski definition) is 2. The fourth-order valence-electron chi connectivity index (χ4n) is 11.6. The van der Waals surface area contributed by atoms with Crippen molar-refractivity contribution >= 4 is 39.0 Å². The third-order valence-electron chi connectivity index (χ3n) is 14.7. The third kappa shape index (κ3) is 6.06. The van der Waals surface area contributed by atoms with Crippen LogP contribution >= 0.6 is 0 Å². The van der Waals surface area contributed by atoms with Crippen LogP contribution in [0.3, 0.4) is 0 Å². The molecule has 12 aromatic rings. The normalized spacial score (nSPS) is 14.1. The van der Waals surface area contributed by atoms with Crippen LogP contribution in [0.25, 0.3) is 88.7 Å². The highest BCUT2D eigenvalue weighted by molar-refractivity contribution is 6.07. The molecule has 2 heteroatoms. The Bertz CT molecular complexity index is 3890. The average molecular weight is 878 g/mol. The lowest BCUT2D eigenvalue weighted by atomic mass is 9.70. The second-order valence-corrected chi connectivity index (χ2v) is 18.4. The van der Waals surface area contributed by atoms with E-state index in [1.54, 1.807) is 0 Å². The summed E-state index contributed by atoms with van der Waals surface area (Å²) in [6.45, 7) is 0. The second kappa shape index (κ2) is 15.6. The van der Waals surface area contributed by atoms with Gasteiger partial charge in [0.05, 0.1) is 11.1 Å². The van der Waals surface area contributed by atoms with Crippen molar-refractivity contribution in [3.8, 4) is 66.8 Å². The van der Waals surface area contributed by atoms with Gasteiger partial charge < -0.3 is 9.32 Å². The van der Waals surface area contributed by atoms with Crippen molar-refractivity contribution in [3.63, 3.8) is 0 Å². The summed E-state index contributed by atoms with van der Waals surface area (Å²) in [5, 5.41) is 2.22. The number of anilines is 3. The molecule has 0 N–H and O–H groups in total. The molecule has 0 radical (unpaired) electrons. The highest BCUT2D eigenvalue weighted by Gasteiger charge is 2.52. The molecule has 0 bridgehead atoms. The number of rotatable bonds is 7. The number of fused-ring (bicyclic) bond motifs is 13. The Hall–Kier alpha value is -8.98. The van der Waals surface area contributed by atoms with Gasteiger partial charge in [0.1, 0.15) is 11.2 Å². The smallest absolute Gasteiger partial charge is 0.137 e. The summed E-state index contributed by atoms with van der Waals surface area (Å²) in [6, 6.07) is 95.6. The van der Waals surface area contributed by atoms with E-state index >= 15 is 0 Å². The van der Waals surface area contributed by atoms with Crippen LogP contribution < -0.4 is 4.90 Å². The quantitative estimate of drug-likeness (QED) is 0.159. The van der Waals surface area contributed by atoms with E-state index in [-0.39, 0.29) is 0 Å². The summed E-state index contributed by atoms with van der Waals surface area (Å²) in [4.78, 5) is 2.45. The van der Waals surface area contributed by atoms with E-state index in [1.165, 1.54) is 83.5 Å². The number of hydrogen-bond donors (Lipinski definition) is 0. The van der Waals surface area contributed by atoms with Crippen LogP contribution in [0.2, 0.25) is 0 Å². The Morgan fingerprint density at radius 3 is 1.45 bits per heavy atom. The summed E-state index contributed by atoms with van der Waals surface area (Å²) in [7, 11) is 0. The fourth-order valence-corrected chi connectivity index (χ4v) is 11.6. The molecule has 1 atom stereocenters. The Balaban J connectivity index is 0.987. The van der Waals surface area contributed by atoms with Crippen LogP contribution in [0.1, 0.15) is 22.3 Å². The molecule has 2 aliphatic rings. The summed E-state index contributed by atoms with van der Waals surface area (Å²) in [5.74, 6) is 0. The molecule has 11 aromatic carbocycles. The van der Waals surface area contributed by atoms with E-state index in [2.05, 4.69) is 260 Å². The maximum atomic E-state index is 6.61. The summed E-state index contributed by atoms with van der Waals surface area (Å²) < 4.78 is 6.61. The molecule has 2 nitrogen and oxygen atoms in total. The van der Waals surface area contributed by atoms with E-state index in [4.69, 9.17) is 4.42 Å². The maximum absolute atomic E-state index is 6.61. The molecule has 1 spiro atoms. The minimum Gasteiger partial charge on any atom is -0.456 e. The molecule has 1 unspecified atom stereocenters. The molecular formula is C67H43NO. The van der Waals surface area contributed by atoms with Crippen LogP contribution in [0, 0.1) is 0 Å². The summed E-state index contributed by atoms with van der Waals surface area (Å²) in [5.41, 5.74) is 24.2. The Morgan fingerprint density at radius 2 is 0.768 bits per heavy atom. The number of nitrogens with zero attached hydrogens (tertiary/aromatic N) is 1. The van der Waals surface area contributed by atoms with Gasteiger partial charge in [-0.25, -0.2) is 0 Å². The molecule has 69 heavy (non-hydrogen) atoms. The standard InChI is InChI=1S/C67H43NO/c1-4-17-44(18-5-1)48-33-37-55-54-23-10-13-26-59(54)67(62(55)42-48)60-27-14-11-25-58(60)66-61(67)28-16-29-63(66)68(53-36-38-57-56-24-12-15-30-64(56)69-65(57)43-53)52-34-31-47(32-35-52)51-40-49(45-19-6-2-7-20-45)39-50(41-51)46-21-8-3-9-22-46/h1-43H. The number of benzene rings is 11. The molecule has 1 heterocycles. The first-order valence-corrected chi connectivity index (χ1v) is 23.8. The minimum absolute atomic E-state index is 0.531. The highest BCUT2D eigenvalue weighted by atomic mass is 16.3. The van der Waals surface area contributed by atoms with Crippen molar-refractivity contribution in [2.45, 2.75) is 5.41 Å². The topological polar surface area (TPSA) is 16.4 Å². The Morgan fingerprint density at radius 1 is 0.275 bits per heavy atom. The van der Waals surface area contributed by atoms with Crippen LogP contribution in [0.15, 0.2) is 265 Å². The van der Waals surface area contributed by atoms with Gasteiger partial charge in [0, 0.05) is 33.8 Å². The van der Waals surface area contributed by atoms with E-state index in [9.17, 15) is 0 Å². The van der Waals surface area contributed by atoms with Crippen molar-refractivity contribution in [1.29, 1.82) is 0 Å². The maximum Gasteiger partial charge on any atom is 0.137 e. The second-order valence-electron chi connectivity index (χ2n) is 18.4. The van der Waals surface area contributed by atoms with E-state index in [0.717, 1.165) is 44.6 Å². The van der Waals surface area contributed by atoms with Crippen molar-refractivity contribution < 1.29 is 4.42 Å². The highest BCUT2D eigenvalue weighted by Crippen LogP contribution is 2.65. The largest absolute Gasteiger partial charge is 0.456 e. The molecule has 0 aliphatic heterocycles. The van der Waals surface area contributed by atoms with Gasteiger partial charge >= 0.3 is 0 Å². The minimum atomic E-state index is -0.531. The molecule has 322 valence electrons. The van der Waals surface area contributed by atoms with Crippen molar-refractivity contribution in [3.05, 3.63) is 283 Å². The summed E-state index contributed by atoms with van der Waals surface area (Å²) >= 11 is 0. The van der Waals surface area contributed by atoms with Gasteiger partial charge in [0.15, 0.2) is 0 Å². The van der Waals surface area contributed by atoms with E-state index in [1.807, 2.05) is 6.07 Å². The van der Waals surface area contributed by atoms with Crippen molar-refractivity contribution in [1.82, 2.24) is 0 Å². The lowest BCUT2D eigenvalue weighted by Gasteiger charge is -2.32. The van der Waals surface area contributed by atoms with Gasteiger partial charge in [-0.05, 0) is 144 Å². The van der Waals surface area contributed by atoms with Gasteiger partial charge in [-0.15, -0.1) is 0 Å². The van der Waals surface area contributed by atoms with E-state index < -0.39 is 5.41 Å². The zero-order valence-corrected chi connectivity index (χ0v) is 37.7. The first-order chi connectivity index (χ1) is 34.2. The molecule has 0 saturated carbocycles. The van der Waals surface area contributed by atoms with Gasteiger partial charge in [-0.2, -0.15) is 0 Å². The number of para-hydroxylation sites is 1. The molecule has 1 aromatic heterocycles.